The fourth-order valence-corrected chi connectivity index (χ4v) is 2.54. The van der Waals surface area contributed by atoms with E-state index in [4.69, 9.17) is 0 Å². The Morgan fingerprint density at radius 3 is 1.96 bits per heavy atom. The number of unbranched alkanes of at least 4 members (excludes halogenated alkanes) is 5. The highest BCUT2D eigenvalue weighted by molar-refractivity contribution is 5.51. The Kier molecular flexibility index (Phi) is 8.26. The van der Waals surface area contributed by atoms with E-state index >= 15 is 0 Å². The van der Waals surface area contributed by atoms with Gasteiger partial charge in [0.2, 0.25) is 0 Å². The molecule has 0 radical (unpaired) electrons. The van der Waals surface area contributed by atoms with E-state index in [1.165, 1.54) is 50.7 Å². The maximum Gasteiger partial charge on any atom is 0.269 e. The molecule has 1 N–H and O–H groups in total. The van der Waals surface area contributed by atoms with Crippen LogP contribution in [0.5, 0.6) is 0 Å². The lowest BCUT2D eigenvalue weighted by molar-refractivity contribution is -0.384. The summed E-state index contributed by atoms with van der Waals surface area (Å²) >= 11 is 0. The third-order valence-corrected chi connectivity index (χ3v) is 4.07. The first-order chi connectivity index (χ1) is 12.7. The highest BCUT2D eigenvalue weighted by Gasteiger charge is 2.03. The van der Waals surface area contributed by atoms with Crippen LogP contribution in [-0.4, -0.2) is 11.5 Å². The predicted molar refractivity (Wildman–Crippen MR) is 106 cm³/mol. The molecule has 0 atom stereocenters. The van der Waals surface area contributed by atoms with Crippen LogP contribution in [0.2, 0.25) is 0 Å². The summed E-state index contributed by atoms with van der Waals surface area (Å²) in [4.78, 5) is 10.2. The number of azo groups is 1. The fourth-order valence-electron chi connectivity index (χ4n) is 2.54. The third-order valence-electron chi connectivity index (χ3n) is 4.07. The number of benzene rings is 2. The summed E-state index contributed by atoms with van der Waals surface area (Å²) in [7, 11) is 0. The quantitative estimate of drug-likeness (QED) is 0.209. The summed E-state index contributed by atoms with van der Waals surface area (Å²) in [6.45, 7) is 3.21. The molecule has 6 heteroatoms. The minimum absolute atomic E-state index is 0.0461. The first-order valence-electron chi connectivity index (χ1n) is 9.19. The molecule has 0 spiro atoms. The zero-order valence-corrected chi connectivity index (χ0v) is 15.2. The van der Waals surface area contributed by atoms with Crippen LogP contribution in [0.1, 0.15) is 45.4 Å². The van der Waals surface area contributed by atoms with Gasteiger partial charge in [0.25, 0.3) is 5.69 Å². The smallest absolute Gasteiger partial charge is 0.269 e. The van der Waals surface area contributed by atoms with Gasteiger partial charge in [-0.05, 0) is 42.8 Å². The van der Waals surface area contributed by atoms with E-state index in [0.717, 1.165) is 17.9 Å². The van der Waals surface area contributed by atoms with Crippen molar-refractivity contribution >= 4 is 22.7 Å². The number of hydrogen-bond acceptors (Lipinski definition) is 5. The molecule has 0 saturated heterocycles. The Morgan fingerprint density at radius 2 is 1.38 bits per heavy atom. The summed E-state index contributed by atoms with van der Waals surface area (Å²) in [5, 5.41) is 22.3. The van der Waals surface area contributed by atoms with Crippen molar-refractivity contribution in [2.45, 2.75) is 45.4 Å². The van der Waals surface area contributed by atoms with Gasteiger partial charge < -0.3 is 5.32 Å². The van der Waals surface area contributed by atoms with Gasteiger partial charge in [-0.15, -0.1) is 0 Å². The van der Waals surface area contributed by atoms with Gasteiger partial charge in [0, 0.05) is 24.4 Å². The Balaban J connectivity index is 1.75. The molecule has 0 aliphatic rings. The molecule has 2 aromatic carbocycles. The molecule has 2 rings (SSSR count). The molecule has 0 heterocycles. The van der Waals surface area contributed by atoms with Crippen molar-refractivity contribution in [3.05, 3.63) is 58.6 Å². The van der Waals surface area contributed by atoms with Gasteiger partial charge in [-0.1, -0.05) is 39.0 Å². The number of hydrogen-bond donors (Lipinski definition) is 1. The first kappa shape index (κ1) is 19.6. The summed E-state index contributed by atoms with van der Waals surface area (Å²) in [6.07, 6.45) is 7.73. The van der Waals surface area contributed by atoms with E-state index in [2.05, 4.69) is 22.5 Å². The van der Waals surface area contributed by atoms with E-state index in [-0.39, 0.29) is 5.69 Å². The Bertz CT molecular complexity index is 697. The zero-order valence-electron chi connectivity index (χ0n) is 15.2. The standard InChI is InChI=1S/C20H26N4O2/c1-2-3-4-5-6-7-16-21-17-8-10-18(11-9-17)22-23-19-12-14-20(15-13-19)24(25)26/h8-15,21H,2-7,16H2,1H3. The molecule has 0 aliphatic heterocycles. The van der Waals surface area contributed by atoms with E-state index in [0.29, 0.717) is 5.69 Å². The number of nitro benzene ring substituents is 1. The number of rotatable bonds is 11. The lowest BCUT2D eigenvalue weighted by Gasteiger charge is -2.06. The summed E-state index contributed by atoms with van der Waals surface area (Å²) in [5.74, 6) is 0. The van der Waals surface area contributed by atoms with Crippen LogP contribution in [0.25, 0.3) is 0 Å². The average Bonchev–Trinajstić information content (AvgIpc) is 2.67. The van der Waals surface area contributed by atoms with Crippen molar-refractivity contribution in [2.75, 3.05) is 11.9 Å². The van der Waals surface area contributed by atoms with E-state index in [1.54, 1.807) is 12.1 Å². The van der Waals surface area contributed by atoms with Crippen molar-refractivity contribution in [3.63, 3.8) is 0 Å². The van der Waals surface area contributed by atoms with Gasteiger partial charge in [0.1, 0.15) is 0 Å². The molecular weight excluding hydrogens is 328 g/mol. The van der Waals surface area contributed by atoms with Crippen LogP contribution >= 0.6 is 0 Å². The van der Waals surface area contributed by atoms with Crippen LogP contribution in [0.4, 0.5) is 22.7 Å². The summed E-state index contributed by atoms with van der Waals surface area (Å²) < 4.78 is 0. The van der Waals surface area contributed by atoms with Crippen LogP contribution in [0, 0.1) is 10.1 Å². The van der Waals surface area contributed by atoms with Crippen molar-refractivity contribution in [1.82, 2.24) is 0 Å². The van der Waals surface area contributed by atoms with E-state index < -0.39 is 4.92 Å². The maximum absolute atomic E-state index is 10.6. The second-order valence-corrected chi connectivity index (χ2v) is 6.21. The Morgan fingerprint density at radius 1 is 0.846 bits per heavy atom. The minimum atomic E-state index is -0.433. The van der Waals surface area contributed by atoms with Gasteiger partial charge in [-0.25, -0.2) is 0 Å². The van der Waals surface area contributed by atoms with E-state index in [1.807, 2.05) is 24.3 Å². The molecule has 2 aromatic rings. The number of nitrogens with one attached hydrogen (secondary N) is 1. The van der Waals surface area contributed by atoms with Crippen LogP contribution in [0.15, 0.2) is 58.8 Å². The van der Waals surface area contributed by atoms with Crippen LogP contribution in [0.3, 0.4) is 0 Å². The Hall–Kier alpha value is -2.76. The molecule has 0 saturated carbocycles. The number of non-ortho nitro benzene ring substituents is 1. The fraction of sp³-hybridized carbons (Fsp3) is 0.400. The molecule has 26 heavy (non-hydrogen) atoms. The van der Waals surface area contributed by atoms with Crippen molar-refractivity contribution in [3.8, 4) is 0 Å². The Labute approximate surface area is 154 Å². The average molecular weight is 354 g/mol. The lowest BCUT2D eigenvalue weighted by atomic mass is 10.1. The molecule has 0 aliphatic carbocycles. The lowest BCUT2D eigenvalue weighted by Crippen LogP contribution is -2.00. The zero-order chi connectivity index (χ0) is 18.6. The highest BCUT2D eigenvalue weighted by Crippen LogP contribution is 2.22. The van der Waals surface area contributed by atoms with Crippen molar-refractivity contribution < 1.29 is 4.92 Å². The van der Waals surface area contributed by atoms with Gasteiger partial charge in [0.05, 0.1) is 16.3 Å². The molecule has 0 aromatic heterocycles. The van der Waals surface area contributed by atoms with Crippen molar-refractivity contribution in [1.29, 1.82) is 0 Å². The summed E-state index contributed by atoms with van der Waals surface area (Å²) in [6, 6.07) is 13.8. The topological polar surface area (TPSA) is 79.9 Å². The molecular formula is C20H26N4O2. The molecule has 0 bridgehead atoms. The SMILES string of the molecule is CCCCCCCCNc1ccc(N=Nc2ccc([N+](=O)[O-])cc2)cc1. The molecule has 0 amide bonds. The minimum Gasteiger partial charge on any atom is -0.385 e. The highest BCUT2D eigenvalue weighted by atomic mass is 16.6. The first-order valence-corrected chi connectivity index (χ1v) is 9.19. The van der Waals surface area contributed by atoms with Crippen LogP contribution < -0.4 is 5.32 Å². The number of nitrogens with zero attached hydrogens (tertiary/aromatic N) is 3. The van der Waals surface area contributed by atoms with Gasteiger partial charge in [0.15, 0.2) is 0 Å². The molecule has 0 unspecified atom stereocenters. The molecule has 6 nitrogen and oxygen atoms in total. The summed E-state index contributed by atoms with van der Waals surface area (Å²) in [5.41, 5.74) is 2.45. The normalized spacial score (nSPS) is 11.0. The van der Waals surface area contributed by atoms with E-state index in [9.17, 15) is 10.1 Å². The van der Waals surface area contributed by atoms with Crippen LogP contribution in [-0.2, 0) is 0 Å². The third kappa shape index (κ3) is 7.01. The van der Waals surface area contributed by atoms with Gasteiger partial charge in [-0.3, -0.25) is 10.1 Å². The second kappa shape index (κ2) is 11.0. The van der Waals surface area contributed by atoms with Gasteiger partial charge in [-0.2, -0.15) is 10.2 Å². The number of nitro groups is 1. The van der Waals surface area contributed by atoms with Gasteiger partial charge >= 0.3 is 0 Å². The monoisotopic (exact) mass is 354 g/mol. The number of anilines is 1. The second-order valence-electron chi connectivity index (χ2n) is 6.21. The molecule has 138 valence electrons. The predicted octanol–water partition coefficient (Wildman–Crippen LogP) is 6.78. The maximum atomic E-state index is 10.6. The largest absolute Gasteiger partial charge is 0.385 e. The van der Waals surface area contributed by atoms with Crippen molar-refractivity contribution in [2.24, 2.45) is 10.2 Å². The molecule has 0 fully saturated rings.